The Morgan fingerprint density at radius 3 is 2.72 bits per heavy atom. The van der Waals surface area contributed by atoms with Crippen molar-refractivity contribution in [1.29, 1.82) is 0 Å². The molecule has 0 bridgehead atoms. The summed E-state index contributed by atoms with van der Waals surface area (Å²) in [5, 5.41) is 6.53. The Bertz CT molecular complexity index is 257. The van der Waals surface area contributed by atoms with Gasteiger partial charge in [-0.05, 0) is 19.8 Å². The lowest BCUT2D eigenvalue weighted by Gasteiger charge is -2.34. The smallest absolute Gasteiger partial charge is 0.234 e. The first kappa shape index (κ1) is 15.7. The average Bonchev–Trinajstić information content (AvgIpc) is 2.33. The van der Waals surface area contributed by atoms with E-state index in [0.29, 0.717) is 18.6 Å². The van der Waals surface area contributed by atoms with Crippen LogP contribution in [-0.4, -0.2) is 49.1 Å². The van der Waals surface area contributed by atoms with Gasteiger partial charge in [0.15, 0.2) is 0 Å². The van der Waals surface area contributed by atoms with Gasteiger partial charge in [-0.25, -0.2) is 0 Å². The van der Waals surface area contributed by atoms with Gasteiger partial charge in [-0.15, -0.1) is 12.4 Å². The molecular formula is C13H26ClN3O. The van der Waals surface area contributed by atoms with Crippen LogP contribution in [0.4, 0.5) is 0 Å². The van der Waals surface area contributed by atoms with Crippen molar-refractivity contribution in [2.24, 2.45) is 0 Å². The summed E-state index contributed by atoms with van der Waals surface area (Å²) in [5.74, 6) is 0.214. The van der Waals surface area contributed by atoms with Crippen LogP contribution in [0.15, 0.2) is 0 Å². The summed E-state index contributed by atoms with van der Waals surface area (Å²) in [6, 6.07) is 0.912. The summed E-state index contributed by atoms with van der Waals surface area (Å²) >= 11 is 0. The lowest BCUT2D eigenvalue weighted by Crippen LogP contribution is -2.53. The first-order valence-electron chi connectivity index (χ1n) is 7.00. The molecule has 106 valence electrons. The summed E-state index contributed by atoms with van der Waals surface area (Å²) in [6.07, 6.45) is 6.22. The molecule has 1 heterocycles. The summed E-state index contributed by atoms with van der Waals surface area (Å²) in [5.41, 5.74) is 0. The van der Waals surface area contributed by atoms with Gasteiger partial charge in [0.1, 0.15) is 0 Å². The first-order chi connectivity index (χ1) is 8.25. The molecule has 0 aromatic rings. The van der Waals surface area contributed by atoms with E-state index in [1.165, 1.54) is 32.1 Å². The summed E-state index contributed by atoms with van der Waals surface area (Å²) in [6.45, 7) is 5.73. The van der Waals surface area contributed by atoms with Crippen molar-refractivity contribution < 1.29 is 4.79 Å². The molecule has 1 amide bonds. The largest absolute Gasteiger partial charge is 0.352 e. The summed E-state index contributed by atoms with van der Waals surface area (Å²) in [4.78, 5) is 14.2. The predicted octanol–water partition coefficient (Wildman–Crippen LogP) is 1.15. The van der Waals surface area contributed by atoms with Gasteiger partial charge < -0.3 is 10.6 Å². The Labute approximate surface area is 116 Å². The number of amides is 1. The Balaban J connectivity index is 0.00000162. The fourth-order valence-corrected chi connectivity index (χ4v) is 2.82. The molecule has 1 unspecified atom stereocenters. The van der Waals surface area contributed by atoms with E-state index in [-0.39, 0.29) is 18.3 Å². The minimum Gasteiger partial charge on any atom is -0.352 e. The third-order valence-corrected chi connectivity index (χ3v) is 3.96. The minimum atomic E-state index is 0. The molecule has 5 heteroatoms. The number of carbonyl (C=O) groups excluding carboxylic acids is 1. The van der Waals surface area contributed by atoms with Crippen LogP contribution in [0.5, 0.6) is 0 Å². The highest BCUT2D eigenvalue weighted by Crippen LogP contribution is 2.17. The molecule has 2 N–H and O–H groups in total. The predicted molar refractivity (Wildman–Crippen MR) is 76.2 cm³/mol. The average molecular weight is 276 g/mol. The van der Waals surface area contributed by atoms with Gasteiger partial charge in [0.2, 0.25) is 5.91 Å². The van der Waals surface area contributed by atoms with E-state index in [0.717, 1.165) is 19.6 Å². The van der Waals surface area contributed by atoms with Gasteiger partial charge in [0.05, 0.1) is 6.54 Å². The first-order valence-corrected chi connectivity index (χ1v) is 7.00. The van der Waals surface area contributed by atoms with Crippen molar-refractivity contribution in [2.75, 3.05) is 26.2 Å². The van der Waals surface area contributed by atoms with Crippen LogP contribution in [0.25, 0.3) is 0 Å². The fourth-order valence-electron chi connectivity index (χ4n) is 2.82. The zero-order valence-corrected chi connectivity index (χ0v) is 12.1. The van der Waals surface area contributed by atoms with Gasteiger partial charge in [-0.3, -0.25) is 9.69 Å². The third kappa shape index (κ3) is 4.75. The quantitative estimate of drug-likeness (QED) is 0.812. The molecule has 1 saturated heterocycles. The number of piperazine rings is 1. The fraction of sp³-hybridized carbons (Fsp3) is 0.923. The maximum absolute atomic E-state index is 12.0. The lowest BCUT2D eigenvalue weighted by atomic mass is 9.95. The Kier molecular flexibility index (Phi) is 6.97. The van der Waals surface area contributed by atoms with E-state index in [1.807, 2.05) is 0 Å². The monoisotopic (exact) mass is 275 g/mol. The number of carbonyl (C=O) groups is 1. The Morgan fingerprint density at radius 2 is 2.06 bits per heavy atom. The van der Waals surface area contributed by atoms with E-state index < -0.39 is 0 Å². The van der Waals surface area contributed by atoms with Gasteiger partial charge in [-0.2, -0.15) is 0 Å². The summed E-state index contributed by atoms with van der Waals surface area (Å²) in [7, 11) is 0. The number of hydrogen-bond acceptors (Lipinski definition) is 3. The molecule has 18 heavy (non-hydrogen) atoms. The number of halogens is 1. The molecule has 1 saturated carbocycles. The Hall–Kier alpha value is -0.320. The SMILES string of the molecule is CC1CNCCN1CC(=O)NC1CCCCC1.Cl. The van der Waals surface area contributed by atoms with Gasteiger partial charge in [0, 0.05) is 31.7 Å². The molecule has 0 aromatic heterocycles. The molecule has 0 aromatic carbocycles. The molecule has 4 nitrogen and oxygen atoms in total. The van der Waals surface area contributed by atoms with Crippen molar-refractivity contribution in [3.8, 4) is 0 Å². The van der Waals surface area contributed by atoms with Gasteiger partial charge in [-0.1, -0.05) is 19.3 Å². The highest BCUT2D eigenvalue weighted by Gasteiger charge is 2.22. The van der Waals surface area contributed by atoms with Gasteiger partial charge in [0.25, 0.3) is 0 Å². The highest BCUT2D eigenvalue weighted by molar-refractivity contribution is 5.85. The number of nitrogens with zero attached hydrogens (tertiary/aromatic N) is 1. The lowest BCUT2D eigenvalue weighted by molar-refractivity contribution is -0.123. The standard InChI is InChI=1S/C13H25N3O.ClH/c1-11-9-14-7-8-16(11)10-13(17)15-12-5-3-2-4-6-12;/h11-12,14H,2-10H2,1H3,(H,15,17);1H. The molecule has 1 aliphatic carbocycles. The highest BCUT2D eigenvalue weighted by atomic mass is 35.5. The molecule has 2 aliphatic rings. The zero-order valence-electron chi connectivity index (χ0n) is 11.3. The van der Waals surface area contributed by atoms with Crippen LogP contribution in [0.1, 0.15) is 39.0 Å². The van der Waals surface area contributed by atoms with Crippen molar-refractivity contribution in [3.63, 3.8) is 0 Å². The molecule has 1 aliphatic heterocycles. The summed E-state index contributed by atoms with van der Waals surface area (Å²) < 4.78 is 0. The maximum atomic E-state index is 12.0. The third-order valence-electron chi connectivity index (χ3n) is 3.96. The molecule has 0 spiro atoms. The van der Waals surface area contributed by atoms with E-state index in [1.54, 1.807) is 0 Å². The van der Waals surface area contributed by atoms with Crippen LogP contribution >= 0.6 is 12.4 Å². The minimum absolute atomic E-state index is 0. The van der Waals surface area contributed by atoms with Crippen molar-refractivity contribution >= 4 is 18.3 Å². The molecule has 1 atom stereocenters. The molecule has 2 rings (SSSR count). The number of rotatable bonds is 3. The van der Waals surface area contributed by atoms with E-state index >= 15 is 0 Å². The maximum Gasteiger partial charge on any atom is 0.234 e. The van der Waals surface area contributed by atoms with Crippen molar-refractivity contribution in [1.82, 2.24) is 15.5 Å². The normalized spacial score (nSPS) is 26.4. The second kappa shape index (κ2) is 7.97. The Morgan fingerprint density at radius 1 is 1.33 bits per heavy atom. The van der Waals surface area contributed by atoms with Gasteiger partial charge >= 0.3 is 0 Å². The number of nitrogens with one attached hydrogen (secondary N) is 2. The molecular weight excluding hydrogens is 250 g/mol. The zero-order chi connectivity index (χ0) is 12.1. The molecule has 2 fully saturated rings. The van der Waals surface area contributed by atoms with Crippen molar-refractivity contribution in [3.05, 3.63) is 0 Å². The molecule has 0 radical (unpaired) electrons. The van der Waals surface area contributed by atoms with Crippen LogP contribution in [0, 0.1) is 0 Å². The van der Waals surface area contributed by atoms with Crippen LogP contribution in [0.2, 0.25) is 0 Å². The van der Waals surface area contributed by atoms with E-state index in [9.17, 15) is 4.79 Å². The number of hydrogen-bond donors (Lipinski definition) is 2. The topological polar surface area (TPSA) is 44.4 Å². The van der Waals surface area contributed by atoms with Crippen LogP contribution in [-0.2, 0) is 4.79 Å². The van der Waals surface area contributed by atoms with Crippen LogP contribution in [0.3, 0.4) is 0 Å². The second-order valence-electron chi connectivity index (χ2n) is 5.43. The van der Waals surface area contributed by atoms with E-state index in [2.05, 4.69) is 22.5 Å². The van der Waals surface area contributed by atoms with E-state index in [4.69, 9.17) is 0 Å². The second-order valence-corrected chi connectivity index (χ2v) is 5.43. The van der Waals surface area contributed by atoms with Crippen LogP contribution < -0.4 is 10.6 Å². The van der Waals surface area contributed by atoms with Crippen molar-refractivity contribution in [2.45, 2.75) is 51.1 Å².